The molecule has 2 N–H and O–H groups in total. The van der Waals surface area contributed by atoms with Gasteiger partial charge < -0.3 is 5.32 Å². The number of piperidine rings is 2. The van der Waals surface area contributed by atoms with Crippen molar-refractivity contribution in [3.8, 4) is 0 Å². The van der Waals surface area contributed by atoms with Gasteiger partial charge in [-0.3, -0.25) is 24.7 Å². The predicted molar refractivity (Wildman–Crippen MR) is 92.5 cm³/mol. The van der Waals surface area contributed by atoms with Crippen LogP contribution < -0.4 is 10.6 Å². The van der Waals surface area contributed by atoms with E-state index in [0.717, 1.165) is 32.7 Å². The first kappa shape index (κ1) is 15.5. The van der Waals surface area contributed by atoms with Crippen molar-refractivity contribution in [3.05, 3.63) is 34.9 Å². The molecule has 0 spiro atoms. The summed E-state index contributed by atoms with van der Waals surface area (Å²) in [5.41, 5.74) is 4.14. The lowest BCUT2D eigenvalue weighted by Gasteiger charge is -2.53. The van der Waals surface area contributed by atoms with E-state index in [2.05, 4.69) is 38.6 Å². The molecule has 2 amide bonds. The summed E-state index contributed by atoms with van der Waals surface area (Å²) in [5.74, 6) is -0.273. The third-order valence-corrected chi connectivity index (χ3v) is 6.35. The average molecular weight is 340 g/mol. The number of benzene rings is 1. The number of hydrogen-bond acceptors (Lipinski definition) is 5. The van der Waals surface area contributed by atoms with Crippen LogP contribution in [0.1, 0.15) is 36.0 Å². The van der Waals surface area contributed by atoms with Crippen LogP contribution >= 0.6 is 0 Å². The molecule has 4 heterocycles. The second-order valence-electron chi connectivity index (χ2n) is 7.80. The smallest absolute Gasteiger partial charge is 0.243 e. The standard InChI is InChI=1S/C19H24N4O2/c24-18-5-4-17(19(25)21-18)22-9-12-2-1-3-13(16(12)11-22)10-23-14-6-15(23)8-20-7-14/h1-3,14-15,17,20H,4-11H2,(H,21,24,25). The molecule has 132 valence electrons. The molecule has 25 heavy (non-hydrogen) atoms. The van der Waals surface area contributed by atoms with Gasteiger partial charge in [0.2, 0.25) is 11.8 Å². The number of carbonyl (C=O) groups excluding carboxylic acids is 2. The van der Waals surface area contributed by atoms with Gasteiger partial charge in [-0.05, 0) is 29.5 Å². The van der Waals surface area contributed by atoms with E-state index in [0.29, 0.717) is 24.9 Å². The number of carbonyl (C=O) groups is 2. The van der Waals surface area contributed by atoms with Gasteiger partial charge in [-0.25, -0.2) is 0 Å². The summed E-state index contributed by atoms with van der Waals surface area (Å²) in [6.45, 7) is 4.86. The zero-order valence-electron chi connectivity index (χ0n) is 14.3. The van der Waals surface area contributed by atoms with Crippen molar-refractivity contribution >= 4 is 11.8 Å². The Kier molecular flexibility index (Phi) is 3.66. The quantitative estimate of drug-likeness (QED) is 0.778. The minimum absolute atomic E-state index is 0.131. The Morgan fingerprint density at radius 1 is 1.12 bits per heavy atom. The lowest BCUT2D eigenvalue weighted by molar-refractivity contribution is -0.137. The monoisotopic (exact) mass is 340 g/mol. The normalized spacial score (nSPS) is 32.2. The maximum Gasteiger partial charge on any atom is 0.243 e. The summed E-state index contributed by atoms with van der Waals surface area (Å²) in [6.07, 6.45) is 2.40. The van der Waals surface area contributed by atoms with Gasteiger partial charge in [0.1, 0.15) is 0 Å². The summed E-state index contributed by atoms with van der Waals surface area (Å²) in [6, 6.07) is 7.77. The van der Waals surface area contributed by atoms with Crippen LogP contribution in [0.5, 0.6) is 0 Å². The highest BCUT2D eigenvalue weighted by molar-refractivity contribution is 6.00. The Morgan fingerprint density at radius 2 is 1.96 bits per heavy atom. The molecule has 5 rings (SSSR count). The third kappa shape index (κ3) is 2.60. The van der Waals surface area contributed by atoms with Gasteiger partial charge in [0.15, 0.2) is 0 Å². The molecule has 1 aromatic rings. The van der Waals surface area contributed by atoms with E-state index in [1.54, 1.807) is 0 Å². The van der Waals surface area contributed by atoms with Crippen LogP contribution in [0.2, 0.25) is 0 Å². The molecule has 2 bridgehead atoms. The highest BCUT2D eigenvalue weighted by Crippen LogP contribution is 2.34. The van der Waals surface area contributed by atoms with Crippen LogP contribution in [0.25, 0.3) is 0 Å². The highest BCUT2D eigenvalue weighted by Gasteiger charge is 2.42. The number of nitrogens with one attached hydrogen (secondary N) is 2. The van der Waals surface area contributed by atoms with Crippen LogP contribution in [-0.2, 0) is 29.2 Å². The Balaban J connectivity index is 1.33. The number of imide groups is 1. The second-order valence-corrected chi connectivity index (χ2v) is 7.80. The van der Waals surface area contributed by atoms with Crippen molar-refractivity contribution in [2.24, 2.45) is 0 Å². The first-order valence-corrected chi connectivity index (χ1v) is 9.33. The Morgan fingerprint density at radius 3 is 2.72 bits per heavy atom. The number of fused-ring (bicyclic) bond motifs is 3. The molecular weight excluding hydrogens is 316 g/mol. The average Bonchev–Trinajstić information content (AvgIpc) is 3.04. The molecule has 1 aromatic carbocycles. The molecule has 4 aliphatic heterocycles. The molecule has 0 saturated carbocycles. The molecule has 6 nitrogen and oxygen atoms in total. The minimum Gasteiger partial charge on any atom is -0.314 e. The fourth-order valence-electron chi connectivity index (χ4n) is 4.93. The van der Waals surface area contributed by atoms with Crippen molar-refractivity contribution in [3.63, 3.8) is 0 Å². The third-order valence-electron chi connectivity index (χ3n) is 6.35. The molecule has 0 radical (unpaired) electrons. The number of rotatable bonds is 3. The second kappa shape index (κ2) is 5.90. The van der Waals surface area contributed by atoms with E-state index in [1.807, 2.05) is 0 Å². The van der Waals surface area contributed by atoms with Crippen molar-refractivity contribution < 1.29 is 9.59 Å². The summed E-state index contributed by atoms with van der Waals surface area (Å²) < 4.78 is 0. The fourth-order valence-corrected chi connectivity index (χ4v) is 4.93. The van der Waals surface area contributed by atoms with Crippen molar-refractivity contribution in [1.29, 1.82) is 0 Å². The number of amides is 2. The van der Waals surface area contributed by atoms with Gasteiger partial charge in [0.25, 0.3) is 0 Å². The first-order valence-electron chi connectivity index (χ1n) is 9.33. The fraction of sp³-hybridized carbons (Fsp3) is 0.579. The number of piperazine rings is 1. The van der Waals surface area contributed by atoms with Gasteiger partial charge in [0.05, 0.1) is 6.04 Å². The van der Waals surface area contributed by atoms with Crippen molar-refractivity contribution in [2.75, 3.05) is 13.1 Å². The van der Waals surface area contributed by atoms with E-state index in [9.17, 15) is 9.59 Å². The van der Waals surface area contributed by atoms with E-state index < -0.39 is 0 Å². The summed E-state index contributed by atoms with van der Waals surface area (Å²) in [7, 11) is 0. The van der Waals surface area contributed by atoms with Gasteiger partial charge in [-0.2, -0.15) is 0 Å². The summed E-state index contributed by atoms with van der Waals surface area (Å²) >= 11 is 0. The zero-order valence-corrected chi connectivity index (χ0v) is 14.3. The Labute approximate surface area is 147 Å². The van der Waals surface area contributed by atoms with Gasteiger partial charge >= 0.3 is 0 Å². The molecular formula is C19H24N4O2. The van der Waals surface area contributed by atoms with E-state index in [-0.39, 0.29) is 17.9 Å². The van der Waals surface area contributed by atoms with E-state index in [4.69, 9.17) is 0 Å². The largest absolute Gasteiger partial charge is 0.314 e. The van der Waals surface area contributed by atoms with Crippen LogP contribution in [0.4, 0.5) is 0 Å². The number of hydrogen-bond donors (Lipinski definition) is 2. The minimum atomic E-state index is -0.175. The van der Waals surface area contributed by atoms with Crippen LogP contribution in [0.3, 0.4) is 0 Å². The number of nitrogens with zero attached hydrogens (tertiary/aromatic N) is 2. The van der Waals surface area contributed by atoms with E-state index in [1.165, 1.54) is 23.1 Å². The molecule has 3 unspecified atom stereocenters. The van der Waals surface area contributed by atoms with Crippen LogP contribution in [0, 0.1) is 0 Å². The maximum absolute atomic E-state index is 12.2. The molecule has 0 aliphatic carbocycles. The summed E-state index contributed by atoms with van der Waals surface area (Å²) in [5, 5.41) is 5.98. The molecule has 4 aliphatic rings. The van der Waals surface area contributed by atoms with Gasteiger partial charge in [-0.1, -0.05) is 18.2 Å². The van der Waals surface area contributed by atoms with Gasteiger partial charge in [-0.15, -0.1) is 0 Å². The van der Waals surface area contributed by atoms with Crippen molar-refractivity contribution in [1.82, 2.24) is 20.4 Å². The van der Waals surface area contributed by atoms with Crippen LogP contribution in [-0.4, -0.2) is 52.8 Å². The molecule has 3 atom stereocenters. The summed E-state index contributed by atoms with van der Waals surface area (Å²) in [4.78, 5) is 28.5. The topological polar surface area (TPSA) is 64.7 Å². The van der Waals surface area contributed by atoms with Gasteiger partial charge in [0, 0.05) is 51.2 Å². The first-order chi connectivity index (χ1) is 12.2. The maximum atomic E-state index is 12.2. The highest BCUT2D eigenvalue weighted by atomic mass is 16.2. The van der Waals surface area contributed by atoms with E-state index >= 15 is 0 Å². The lowest BCUT2D eigenvalue weighted by atomic mass is 9.87. The zero-order chi connectivity index (χ0) is 17.0. The molecule has 3 fully saturated rings. The predicted octanol–water partition coefficient (Wildman–Crippen LogP) is 0.354. The Hall–Kier alpha value is -1.76. The molecule has 6 heteroatoms. The Bertz CT molecular complexity index is 720. The SMILES string of the molecule is O=C1CCC(N2Cc3cccc(CN4C5CNCC4C5)c3C2)C(=O)N1. The molecule has 0 aromatic heterocycles. The van der Waals surface area contributed by atoms with Crippen molar-refractivity contribution in [2.45, 2.75) is 57.0 Å². The lowest BCUT2D eigenvalue weighted by Crippen LogP contribution is -2.67. The van der Waals surface area contributed by atoms with Crippen LogP contribution in [0.15, 0.2) is 18.2 Å². The molecule has 3 saturated heterocycles.